The lowest BCUT2D eigenvalue weighted by Gasteiger charge is -2.38. The van der Waals surface area contributed by atoms with Crippen molar-refractivity contribution in [3.63, 3.8) is 0 Å². The molecule has 7 nitrogen and oxygen atoms in total. The highest BCUT2D eigenvalue weighted by Crippen LogP contribution is 2.28. The first-order chi connectivity index (χ1) is 15.6. The number of carbonyl (C=O) groups excluding carboxylic acids is 1. The second-order valence-corrected chi connectivity index (χ2v) is 8.33. The van der Waals surface area contributed by atoms with Gasteiger partial charge in [0.05, 0.1) is 10.9 Å². The van der Waals surface area contributed by atoms with Crippen molar-refractivity contribution in [2.75, 3.05) is 18.0 Å². The van der Waals surface area contributed by atoms with Crippen LogP contribution in [0, 0.1) is 0 Å². The van der Waals surface area contributed by atoms with Gasteiger partial charge in [-0.15, -0.1) is 0 Å². The molecule has 0 saturated carbocycles. The normalized spacial score (nSPS) is 15.6. The fourth-order valence-corrected chi connectivity index (χ4v) is 4.31. The van der Waals surface area contributed by atoms with Crippen molar-refractivity contribution >= 4 is 22.8 Å². The standard InChI is InChI=1S/C25H26N6O/c26-25(10-13-31(14-11-25)23-21-9-12-27-22(21)29-17-30-23)24(32)28-16-18-5-4-8-20(15-18)19-6-2-1-3-7-19/h1-9,12,15,17H,10-11,13-14,16,26H2,(H,28,32)(H,27,29,30). The number of fused-ring (bicyclic) bond motifs is 1. The Bertz CT molecular complexity index is 1230. The molecule has 7 heteroatoms. The SMILES string of the molecule is NC1(C(=O)NCc2cccc(-c3ccccc3)c2)CCN(c2ncnc3[nH]ccc23)CC1. The molecule has 0 atom stereocenters. The summed E-state index contributed by atoms with van der Waals surface area (Å²) >= 11 is 0. The summed E-state index contributed by atoms with van der Waals surface area (Å²) in [5.74, 6) is 0.785. The van der Waals surface area contributed by atoms with Crippen LogP contribution >= 0.6 is 0 Å². The minimum Gasteiger partial charge on any atom is -0.356 e. The number of nitrogens with two attached hydrogens (primary N) is 1. The lowest BCUT2D eigenvalue weighted by Crippen LogP contribution is -2.59. The number of rotatable bonds is 5. The molecule has 2 aromatic heterocycles. The first-order valence-corrected chi connectivity index (χ1v) is 10.9. The molecule has 1 aliphatic heterocycles. The minimum atomic E-state index is -0.877. The van der Waals surface area contributed by atoms with E-state index in [0.29, 0.717) is 32.5 Å². The van der Waals surface area contributed by atoms with Crippen molar-refractivity contribution in [3.05, 3.63) is 78.8 Å². The number of anilines is 1. The number of piperidine rings is 1. The van der Waals surface area contributed by atoms with Gasteiger partial charge in [0.25, 0.3) is 0 Å². The van der Waals surface area contributed by atoms with Crippen LogP contribution in [0.15, 0.2) is 73.2 Å². The maximum Gasteiger partial charge on any atom is 0.240 e. The summed E-state index contributed by atoms with van der Waals surface area (Å²) in [5, 5.41) is 4.04. The molecule has 3 heterocycles. The van der Waals surface area contributed by atoms with Crippen molar-refractivity contribution < 1.29 is 4.79 Å². The van der Waals surface area contributed by atoms with E-state index in [1.54, 1.807) is 6.33 Å². The summed E-state index contributed by atoms with van der Waals surface area (Å²) in [6.45, 7) is 1.80. The van der Waals surface area contributed by atoms with Gasteiger partial charge in [-0.05, 0) is 41.7 Å². The largest absolute Gasteiger partial charge is 0.356 e. The van der Waals surface area contributed by atoms with Crippen molar-refractivity contribution in [3.8, 4) is 11.1 Å². The summed E-state index contributed by atoms with van der Waals surface area (Å²) in [6, 6.07) is 20.4. The average molecular weight is 427 g/mol. The molecule has 0 aliphatic carbocycles. The predicted molar refractivity (Wildman–Crippen MR) is 126 cm³/mol. The fourth-order valence-electron chi connectivity index (χ4n) is 4.31. The van der Waals surface area contributed by atoms with Crippen LogP contribution in [-0.2, 0) is 11.3 Å². The lowest BCUT2D eigenvalue weighted by molar-refractivity contribution is -0.127. The van der Waals surface area contributed by atoms with Crippen LogP contribution < -0.4 is 16.0 Å². The van der Waals surface area contributed by atoms with Crippen LogP contribution in [0.2, 0.25) is 0 Å². The third-order valence-corrected chi connectivity index (χ3v) is 6.23. The van der Waals surface area contributed by atoms with Gasteiger partial charge in [0.2, 0.25) is 5.91 Å². The van der Waals surface area contributed by atoms with Crippen LogP contribution in [0.1, 0.15) is 18.4 Å². The van der Waals surface area contributed by atoms with E-state index in [1.807, 2.05) is 42.6 Å². The van der Waals surface area contributed by atoms with Gasteiger partial charge in [-0.2, -0.15) is 0 Å². The van der Waals surface area contributed by atoms with E-state index >= 15 is 0 Å². The fraction of sp³-hybridized carbons (Fsp3) is 0.240. The molecule has 4 N–H and O–H groups in total. The van der Waals surface area contributed by atoms with Crippen molar-refractivity contribution in [2.45, 2.75) is 24.9 Å². The zero-order chi connectivity index (χ0) is 22.0. The topological polar surface area (TPSA) is 99.9 Å². The molecule has 1 saturated heterocycles. The summed E-state index contributed by atoms with van der Waals surface area (Å²) in [4.78, 5) is 27.0. The molecule has 32 heavy (non-hydrogen) atoms. The Kier molecular flexibility index (Phi) is 5.33. The molecule has 162 valence electrons. The van der Waals surface area contributed by atoms with E-state index < -0.39 is 5.54 Å². The van der Waals surface area contributed by atoms with Gasteiger partial charge in [-0.1, -0.05) is 48.5 Å². The second-order valence-electron chi connectivity index (χ2n) is 8.33. The van der Waals surface area contributed by atoms with Gasteiger partial charge in [-0.25, -0.2) is 9.97 Å². The molecule has 2 aromatic carbocycles. The summed E-state index contributed by atoms with van der Waals surface area (Å²) in [5.41, 5.74) is 9.82. The summed E-state index contributed by atoms with van der Waals surface area (Å²) in [6.07, 6.45) is 4.56. The quantitative estimate of drug-likeness (QED) is 0.455. The van der Waals surface area contributed by atoms with E-state index in [-0.39, 0.29) is 5.91 Å². The number of hydrogen-bond donors (Lipinski definition) is 3. The van der Waals surface area contributed by atoms with E-state index in [1.165, 1.54) is 0 Å². The molecule has 4 aromatic rings. The monoisotopic (exact) mass is 426 g/mol. The number of aromatic nitrogens is 3. The lowest BCUT2D eigenvalue weighted by atomic mass is 9.87. The van der Waals surface area contributed by atoms with E-state index in [0.717, 1.165) is 33.5 Å². The first kappa shape index (κ1) is 20.2. The molecule has 0 radical (unpaired) electrons. The molecule has 1 aliphatic rings. The molecule has 5 rings (SSSR count). The highest BCUT2D eigenvalue weighted by Gasteiger charge is 2.38. The molecule has 1 fully saturated rings. The second kappa shape index (κ2) is 8.43. The van der Waals surface area contributed by atoms with Crippen molar-refractivity contribution in [1.82, 2.24) is 20.3 Å². The van der Waals surface area contributed by atoms with Crippen LogP contribution in [0.5, 0.6) is 0 Å². The van der Waals surface area contributed by atoms with Gasteiger partial charge in [0, 0.05) is 25.8 Å². The van der Waals surface area contributed by atoms with Crippen LogP contribution in [0.25, 0.3) is 22.2 Å². The minimum absolute atomic E-state index is 0.100. The Labute approximate surface area is 186 Å². The predicted octanol–water partition coefficient (Wildman–Crippen LogP) is 3.24. The molecular weight excluding hydrogens is 400 g/mol. The third-order valence-electron chi connectivity index (χ3n) is 6.23. The molecular formula is C25H26N6O. The number of nitrogens with zero attached hydrogens (tertiary/aromatic N) is 3. The van der Waals surface area contributed by atoms with Gasteiger partial charge in [0.15, 0.2) is 0 Å². The Morgan fingerprint density at radius 3 is 2.62 bits per heavy atom. The number of carbonyl (C=O) groups is 1. The average Bonchev–Trinajstić information content (AvgIpc) is 3.33. The van der Waals surface area contributed by atoms with Gasteiger partial charge in [-0.3, -0.25) is 4.79 Å². The Hall–Kier alpha value is -3.71. The maximum absolute atomic E-state index is 13.0. The number of hydrogen-bond acceptors (Lipinski definition) is 5. The highest BCUT2D eigenvalue weighted by molar-refractivity contribution is 5.89. The van der Waals surface area contributed by atoms with E-state index in [2.05, 4.69) is 49.4 Å². The maximum atomic E-state index is 13.0. The molecule has 0 unspecified atom stereocenters. The first-order valence-electron chi connectivity index (χ1n) is 10.9. The van der Waals surface area contributed by atoms with Crippen molar-refractivity contribution in [2.24, 2.45) is 5.73 Å². The molecule has 0 spiro atoms. The van der Waals surface area contributed by atoms with Gasteiger partial charge >= 0.3 is 0 Å². The molecule has 0 bridgehead atoms. The van der Waals surface area contributed by atoms with E-state index in [9.17, 15) is 4.79 Å². The van der Waals surface area contributed by atoms with E-state index in [4.69, 9.17) is 5.73 Å². The van der Waals surface area contributed by atoms with Crippen LogP contribution in [-0.4, -0.2) is 39.5 Å². The number of nitrogens with one attached hydrogen (secondary N) is 2. The van der Waals surface area contributed by atoms with Gasteiger partial charge < -0.3 is 20.9 Å². The van der Waals surface area contributed by atoms with Crippen LogP contribution in [0.3, 0.4) is 0 Å². The Balaban J connectivity index is 1.22. The van der Waals surface area contributed by atoms with Gasteiger partial charge in [0.1, 0.15) is 17.8 Å². The Morgan fingerprint density at radius 1 is 1.03 bits per heavy atom. The highest BCUT2D eigenvalue weighted by atomic mass is 16.2. The number of amides is 1. The number of aromatic amines is 1. The smallest absolute Gasteiger partial charge is 0.240 e. The number of benzene rings is 2. The zero-order valence-electron chi connectivity index (χ0n) is 17.8. The van der Waals surface area contributed by atoms with Crippen LogP contribution in [0.4, 0.5) is 5.82 Å². The third kappa shape index (κ3) is 3.94. The number of H-pyrrole nitrogens is 1. The summed E-state index contributed by atoms with van der Waals surface area (Å²) in [7, 11) is 0. The Morgan fingerprint density at radius 2 is 1.81 bits per heavy atom. The summed E-state index contributed by atoms with van der Waals surface area (Å²) < 4.78 is 0. The zero-order valence-corrected chi connectivity index (χ0v) is 17.8. The molecule has 1 amide bonds. The van der Waals surface area contributed by atoms with Crippen molar-refractivity contribution in [1.29, 1.82) is 0 Å².